The van der Waals surface area contributed by atoms with Crippen LogP contribution in [0, 0.1) is 0 Å². The molecular weight excluding hydrogens is 925 g/mol. The van der Waals surface area contributed by atoms with Crippen LogP contribution in [-0.4, -0.2) is 142 Å². The number of allylic oxidation sites excluding steroid dienone is 6. The van der Waals surface area contributed by atoms with Crippen molar-refractivity contribution in [1.29, 1.82) is 0 Å². The lowest BCUT2D eigenvalue weighted by atomic mass is 9.98. The van der Waals surface area contributed by atoms with Gasteiger partial charge in [-0.15, -0.1) is 0 Å². The number of aliphatic hydroxyl groups is 7. The lowest BCUT2D eigenvalue weighted by molar-refractivity contribution is -0.332. The molecule has 15 heteroatoms. The summed E-state index contributed by atoms with van der Waals surface area (Å²) in [5.74, 6) is -0.932. The molecule has 0 amide bonds. The van der Waals surface area contributed by atoms with E-state index in [-0.39, 0.29) is 26.1 Å². The second-order valence-corrected chi connectivity index (χ2v) is 20.1. The van der Waals surface area contributed by atoms with Crippen molar-refractivity contribution < 1.29 is 73.8 Å². The summed E-state index contributed by atoms with van der Waals surface area (Å²) in [5.41, 5.74) is 0. The highest BCUT2D eigenvalue weighted by Crippen LogP contribution is 2.27. The van der Waals surface area contributed by atoms with Gasteiger partial charge in [0.2, 0.25) is 0 Å². The van der Waals surface area contributed by atoms with E-state index in [0.29, 0.717) is 12.8 Å². The number of unbranched alkanes of at least 4 members (excludes halogenated alkanes) is 25. The number of esters is 2. The molecule has 72 heavy (non-hydrogen) atoms. The summed E-state index contributed by atoms with van der Waals surface area (Å²) in [6.07, 6.45) is 31.7. The minimum Gasteiger partial charge on any atom is -0.462 e. The van der Waals surface area contributed by atoms with Crippen LogP contribution in [0.1, 0.15) is 219 Å². The Hall–Kier alpha value is -2.28. The lowest BCUT2D eigenvalue weighted by Gasteiger charge is -2.42. The van der Waals surface area contributed by atoms with E-state index >= 15 is 0 Å². The Labute approximate surface area is 434 Å². The van der Waals surface area contributed by atoms with Gasteiger partial charge in [0.1, 0.15) is 55.4 Å². The van der Waals surface area contributed by atoms with E-state index in [1.807, 2.05) is 0 Å². The molecule has 2 saturated heterocycles. The zero-order chi connectivity index (χ0) is 52.4. The first-order chi connectivity index (χ1) is 35.0. The SMILES string of the molecule is CCCCCC/C=C\CCCCCCCC(=O)OCC(COC1OC(COC2OC(CO)C(O)C(O)C2O)C(O)C(O)C1O)OC(=O)CCCCCCCCCCCCC/C=C\C/C=C\CCCCCCC. The molecule has 0 bridgehead atoms. The molecule has 2 fully saturated rings. The first-order valence-electron chi connectivity index (χ1n) is 28.6. The van der Waals surface area contributed by atoms with Crippen molar-refractivity contribution >= 4 is 11.9 Å². The lowest BCUT2D eigenvalue weighted by Crippen LogP contribution is -2.61. The number of carbonyl (C=O) groups excluding carboxylic acids is 2. The van der Waals surface area contributed by atoms with Gasteiger partial charge in [0.25, 0.3) is 0 Å². The maximum Gasteiger partial charge on any atom is 0.306 e. The van der Waals surface area contributed by atoms with Gasteiger partial charge in [-0.05, 0) is 70.6 Å². The average molecular weight is 1030 g/mol. The van der Waals surface area contributed by atoms with Crippen LogP contribution in [0.15, 0.2) is 36.5 Å². The van der Waals surface area contributed by atoms with Gasteiger partial charge >= 0.3 is 11.9 Å². The Morgan fingerprint density at radius 1 is 0.444 bits per heavy atom. The summed E-state index contributed by atoms with van der Waals surface area (Å²) in [4.78, 5) is 25.8. The van der Waals surface area contributed by atoms with E-state index in [1.165, 1.54) is 109 Å². The van der Waals surface area contributed by atoms with Crippen molar-refractivity contribution in [2.45, 2.75) is 287 Å². The smallest absolute Gasteiger partial charge is 0.306 e. The number of aliphatic hydroxyl groups excluding tert-OH is 7. The van der Waals surface area contributed by atoms with Crippen molar-refractivity contribution in [3.05, 3.63) is 36.5 Å². The molecule has 2 rings (SSSR count). The fraction of sp³-hybridized carbons (Fsp3) is 0.860. The van der Waals surface area contributed by atoms with Crippen LogP contribution < -0.4 is 0 Å². The highest BCUT2D eigenvalue weighted by Gasteiger charge is 2.47. The number of rotatable bonds is 45. The molecule has 2 aliphatic rings. The molecule has 0 saturated carbocycles. The van der Waals surface area contributed by atoms with Crippen LogP contribution in [0.2, 0.25) is 0 Å². The fourth-order valence-electron chi connectivity index (χ4n) is 8.89. The molecule has 0 spiro atoms. The third-order valence-electron chi connectivity index (χ3n) is 13.6. The van der Waals surface area contributed by atoms with Crippen LogP contribution in [0.5, 0.6) is 0 Å². The van der Waals surface area contributed by atoms with E-state index in [9.17, 15) is 45.3 Å². The number of hydrogen-bond acceptors (Lipinski definition) is 15. The van der Waals surface area contributed by atoms with Gasteiger partial charge in [-0.25, -0.2) is 0 Å². The van der Waals surface area contributed by atoms with E-state index in [4.69, 9.17) is 28.4 Å². The second-order valence-electron chi connectivity index (χ2n) is 20.1. The van der Waals surface area contributed by atoms with Gasteiger partial charge in [-0.3, -0.25) is 9.59 Å². The van der Waals surface area contributed by atoms with E-state index in [0.717, 1.165) is 70.6 Å². The van der Waals surface area contributed by atoms with E-state index < -0.39 is 92.7 Å². The van der Waals surface area contributed by atoms with Gasteiger partial charge in [0.15, 0.2) is 18.7 Å². The van der Waals surface area contributed by atoms with Gasteiger partial charge in [0, 0.05) is 12.8 Å². The number of carbonyl (C=O) groups is 2. The molecule has 2 heterocycles. The summed E-state index contributed by atoms with van der Waals surface area (Å²) in [7, 11) is 0. The molecule has 420 valence electrons. The highest BCUT2D eigenvalue weighted by atomic mass is 16.7. The van der Waals surface area contributed by atoms with Crippen LogP contribution >= 0.6 is 0 Å². The first-order valence-corrected chi connectivity index (χ1v) is 28.6. The molecule has 15 nitrogen and oxygen atoms in total. The third-order valence-corrected chi connectivity index (χ3v) is 13.6. The maximum atomic E-state index is 13.1. The van der Waals surface area contributed by atoms with E-state index in [2.05, 4.69) is 50.3 Å². The fourth-order valence-corrected chi connectivity index (χ4v) is 8.89. The van der Waals surface area contributed by atoms with Crippen molar-refractivity contribution in [2.75, 3.05) is 26.4 Å². The highest BCUT2D eigenvalue weighted by molar-refractivity contribution is 5.70. The molecular formula is C57H102O15. The largest absolute Gasteiger partial charge is 0.462 e. The Kier molecular flexibility index (Phi) is 40.1. The predicted molar refractivity (Wildman–Crippen MR) is 280 cm³/mol. The minimum absolute atomic E-state index is 0.162. The van der Waals surface area contributed by atoms with Crippen molar-refractivity contribution in [1.82, 2.24) is 0 Å². The Bertz CT molecular complexity index is 1390. The molecule has 0 aromatic heterocycles. The second kappa shape index (κ2) is 43.9. The standard InChI is InChI=1S/C57H102O15/c1-3-5-7-9-11-13-15-17-18-19-20-21-22-23-24-25-26-28-30-32-34-36-38-40-49(60)70-45(42-67-48(59)39-37-35-33-31-29-27-16-14-12-10-8-6-4-2)43-68-56-55(66)53(64)51(62)47(72-56)44-69-57-54(65)52(63)50(61)46(41-58)71-57/h14-17,19-20,45-47,50-58,61-66H,3-13,18,21-44H2,1-2H3/b16-14-,17-15-,20-19-. The quantitative estimate of drug-likeness (QED) is 0.0171. The molecule has 0 aromatic rings. The topological polar surface area (TPSA) is 231 Å². The summed E-state index contributed by atoms with van der Waals surface area (Å²) in [6.45, 7) is 2.57. The van der Waals surface area contributed by atoms with Crippen molar-refractivity contribution in [3.8, 4) is 0 Å². The Morgan fingerprint density at radius 2 is 0.833 bits per heavy atom. The number of hydrogen-bond donors (Lipinski definition) is 7. The molecule has 11 unspecified atom stereocenters. The van der Waals surface area contributed by atoms with Gasteiger partial charge in [0.05, 0.1) is 19.8 Å². The number of ether oxygens (including phenoxy) is 6. The molecule has 11 atom stereocenters. The third kappa shape index (κ3) is 30.9. The van der Waals surface area contributed by atoms with Gasteiger partial charge in [-0.2, -0.15) is 0 Å². The zero-order valence-electron chi connectivity index (χ0n) is 44.7. The van der Waals surface area contributed by atoms with Crippen LogP contribution in [0.4, 0.5) is 0 Å². The normalized spacial score (nSPS) is 25.2. The zero-order valence-corrected chi connectivity index (χ0v) is 44.7. The molecule has 2 aliphatic heterocycles. The monoisotopic (exact) mass is 1030 g/mol. The first kappa shape index (κ1) is 65.8. The van der Waals surface area contributed by atoms with Crippen LogP contribution in [0.25, 0.3) is 0 Å². The predicted octanol–water partition coefficient (Wildman–Crippen LogP) is 9.27. The van der Waals surface area contributed by atoms with Crippen molar-refractivity contribution in [3.63, 3.8) is 0 Å². The summed E-state index contributed by atoms with van der Waals surface area (Å²) in [5, 5.41) is 72.2. The van der Waals surface area contributed by atoms with Crippen LogP contribution in [0.3, 0.4) is 0 Å². The molecule has 0 aliphatic carbocycles. The Morgan fingerprint density at radius 3 is 1.32 bits per heavy atom. The maximum absolute atomic E-state index is 13.1. The van der Waals surface area contributed by atoms with Gasteiger partial charge in [-0.1, -0.05) is 172 Å². The summed E-state index contributed by atoms with van der Waals surface area (Å²) in [6, 6.07) is 0. The molecule has 0 aromatic carbocycles. The van der Waals surface area contributed by atoms with Crippen LogP contribution in [-0.2, 0) is 38.0 Å². The van der Waals surface area contributed by atoms with E-state index in [1.54, 1.807) is 0 Å². The molecule has 7 N–H and O–H groups in total. The summed E-state index contributed by atoms with van der Waals surface area (Å²) >= 11 is 0. The van der Waals surface area contributed by atoms with Crippen molar-refractivity contribution in [2.24, 2.45) is 0 Å². The summed E-state index contributed by atoms with van der Waals surface area (Å²) < 4.78 is 33.6. The van der Waals surface area contributed by atoms with Gasteiger partial charge < -0.3 is 64.2 Å². The molecule has 0 radical (unpaired) electrons. The Balaban J connectivity index is 1.74. The minimum atomic E-state index is -1.77. The average Bonchev–Trinajstić information content (AvgIpc) is 3.37.